The van der Waals surface area contributed by atoms with E-state index in [1.807, 2.05) is 6.92 Å². The third-order valence-electron chi connectivity index (χ3n) is 3.03. The molecule has 0 aliphatic heterocycles. The lowest BCUT2D eigenvalue weighted by atomic mass is 10.4. The zero-order valence-corrected chi connectivity index (χ0v) is 20.3. The number of carbonyl (C=O) groups is 6. The van der Waals surface area contributed by atoms with E-state index in [1.54, 1.807) is 20.2 Å². The van der Waals surface area contributed by atoms with E-state index < -0.39 is 35.8 Å². The molecule has 0 spiro atoms. The molecule has 0 saturated carbocycles. The molecule has 0 aliphatic carbocycles. The molecule has 0 saturated heterocycles. The van der Waals surface area contributed by atoms with Crippen molar-refractivity contribution in [3.63, 3.8) is 0 Å². The minimum atomic E-state index is -1.28. The van der Waals surface area contributed by atoms with Gasteiger partial charge in [-0.2, -0.15) is 0 Å². The van der Waals surface area contributed by atoms with Crippen LogP contribution in [-0.2, 0) is 28.8 Å². The molecule has 0 aliphatic rings. The lowest BCUT2D eigenvalue weighted by Crippen LogP contribution is -2.43. The van der Waals surface area contributed by atoms with Gasteiger partial charge in [0.15, 0.2) is 0 Å². The van der Waals surface area contributed by atoms with Crippen LogP contribution in [0.2, 0.25) is 0 Å². The van der Waals surface area contributed by atoms with Gasteiger partial charge in [-0.15, -0.1) is 0 Å². The molecular formula is C19H33N4O12-3. The fraction of sp³-hybridized carbons (Fsp3) is 0.632. The van der Waals surface area contributed by atoms with Crippen LogP contribution in [0.4, 0.5) is 0 Å². The number of hydrogen-bond donors (Lipinski definition) is 3. The number of aliphatic imine (C=N–C) groups is 1. The number of rotatable bonds is 13. The molecule has 0 bridgehead atoms. The molecule has 16 nitrogen and oxygen atoms in total. The Morgan fingerprint density at radius 3 is 1.11 bits per heavy atom. The second-order valence-electron chi connectivity index (χ2n) is 6.46. The molecular weight excluding hydrogens is 476 g/mol. The number of carbonyl (C=O) groups excluding carboxylic acids is 3. The zero-order chi connectivity index (χ0) is 28.6. The van der Waals surface area contributed by atoms with Crippen LogP contribution in [0.5, 0.6) is 0 Å². The molecule has 0 atom stereocenters. The van der Waals surface area contributed by atoms with Crippen molar-refractivity contribution in [1.82, 2.24) is 14.7 Å². The van der Waals surface area contributed by atoms with E-state index in [0.717, 1.165) is 4.90 Å². The fourth-order valence-corrected chi connectivity index (χ4v) is 1.67. The predicted octanol–water partition coefficient (Wildman–Crippen LogP) is -5.64. The SMILES string of the molecule is CC=NC.CCN(CC(=O)[O-])CC(=O)[O-].CN(CC(=O)O)CC(=O)O.CN(CC(=O)[O-])CC(=O)O. The molecule has 0 unspecified atom stereocenters. The van der Waals surface area contributed by atoms with Gasteiger partial charge in [-0.05, 0) is 33.8 Å². The summed E-state index contributed by atoms with van der Waals surface area (Å²) in [4.78, 5) is 66.8. The molecule has 0 heterocycles. The van der Waals surface area contributed by atoms with Crippen molar-refractivity contribution in [2.75, 3.05) is 67.0 Å². The quantitative estimate of drug-likeness (QED) is 0.195. The summed E-state index contributed by atoms with van der Waals surface area (Å²) in [5.74, 6) is -6.94. The van der Waals surface area contributed by atoms with Gasteiger partial charge >= 0.3 is 17.9 Å². The van der Waals surface area contributed by atoms with Crippen LogP contribution in [0.1, 0.15) is 13.8 Å². The number of carboxylic acid groups (broad SMARTS) is 6. The highest BCUT2D eigenvalue weighted by atomic mass is 16.4. The van der Waals surface area contributed by atoms with Gasteiger partial charge in [0.1, 0.15) is 0 Å². The average molecular weight is 509 g/mol. The summed E-state index contributed by atoms with van der Waals surface area (Å²) in [6.07, 6.45) is 1.75. The Morgan fingerprint density at radius 1 is 0.686 bits per heavy atom. The number of hydrogen-bond acceptors (Lipinski definition) is 13. The monoisotopic (exact) mass is 509 g/mol. The summed E-state index contributed by atoms with van der Waals surface area (Å²) >= 11 is 0. The molecule has 204 valence electrons. The first-order chi connectivity index (χ1) is 16.0. The summed E-state index contributed by atoms with van der Waals surface area (Å²) in [5.41, 5.74) is 0. The molecule has 3 N–H and O–H groups in total. The summed E-state index contributed by atoms with van der Waals surface area (Å²) in [5, 5.41) is 54.3. The van der Waals surface area contributed by atoms with Crippen molar-refractivity contribution in [2.24, 2.45) is 4.99 Å². The number of aliphatic carboxylic acids is 6. The van der Waals surface area contributed by atoms with Crippen LogP contribution >= 0.6 is 0 Å². The van der Waals surface area contributed by atoms with E-state index in [9.17, 15) is 44.1 Å². The van der Waals surface area contributed by atoms with E-state index in [1.165, 1.54) is 23.9 Å². The molecule has 0 amide bonds. The van der Waals surface area contributed by atoms with Gasteiger partial charge in [0.2, 0.25) is 0 Å². The normalized spacial score (nSPS) is 9.83. The highest BCUT2D eigenvalue weighted by Gasteiger charge is 2.07. The van der Waals surface area contributed by atoms with Gasteiger partial charge < -0.3 is 50.0 Å². The lowest BCUT2D eigenvalue weighted by Gasteiger charge is -2.20. The molecule has 35 heavy (non-hydrogen) atoms. The van der Waals surface area contributed by atoms with Gasteiger partial charge in [-0.25, -0.2) is 0 Å². The fourth-order valence-electron chi connectivity index (χ4n) is 1.67. The molecule has 0 aromatic heterocycles. The van der Waals surface area contributed by atoms with Gasteiger partial charge in [-0.3, -0.25) is 29.1 Å². The Bertz CT molecular complexity index is 599. The smallest absolute Gasteiger partial charge is 0.317 e. The largest absolute Gasteiger partial charge is 0.549 e. The average Bonchev–Trinajstić information content (AvgIpc) is 2.65. The first kappa shape index (κ1) is 38.6. The van der Waals surface area contributed by atoms with E-state index in [0.29, 0.717) is 6.54 Å². The zero-order valence-electron chi connectivity index (χ0n) is 20.3. The van der Waals surface area contributed by atoms with Crippen molar-refractivity contribution < 1.29 is 59.4 Å². The summed E-state index contributed by atoms with van der Waals surface area (Å²) in [6.45, 7) is 2.03. The maximum absolute atomic E-state index is 9.98. The van der Waals surface area contributed by atoms with Crippen LogP contribution < -0.4 is 15.3 Å². The van der Waals surface area contributed by atoms with Crippen molar-refractivity contribution in [1.29, 1.82) is 0 Å². The first-order valence-corrected chi connectivity index (χ1v) is 9.73. The predicted molar refractivity (Wildman–Crippen MR) is 115 cm³/mol. The second-order valence-corrected chi connectivity index (χ2v) is 6.46. The lowest BCUT2D eigenvalue weighted by molar-refractivity contribution is -0.311. The number of likely N-dealkylation sites (N-methyl/N-ethyl adjacent to an activating group) is 3. The van der Waals surface area contributed by atoms with E-state index >= 15 is 0 Å². The highest BCUT2D eigenvalue weighted by Crippen LogP contribution is 1.84. The molecule has 0 aromatic rings. The molecule has 16 heteroatoms. The minimum absolute atomic E-state index is 0.244. The highest BCUT2D eigenvalue weighted by molar-refractivity contribution is 5.72. The van der Waals surface area contributed by atoms with E-state index in [2.05, 4.69) is 4.99 Å². The molecule has 0 rings (SSSR count). The summed E-state index contributed by atoms with van der Waals surface area (Å²) in [6, 6.07) is 0. The topological polar surface area (TPSA) is 254 Å². The van der Waals surface area contributed by atoms with Gasteiger partial charge in [0, 0.05) is 26.7 Å². The van der Waals surface area contributed by atoms with Crippen molar-refractivity contribution in [3.8, 4) is 0 Å². The van der Waals surface area contributed by atoms with Crippen molar-refractivity contribution in [2.45, 2.75) is 13.8 Å². The van der Waals surface area contributed by atoms with E-state index in [4.69, 9.17) is 15.3 Å². The van der Waals surface area contributed by atoms with Gasteiger partial charge in [0.25, 0.3) is 0 Å². The van der Waals surface area contributed by atoms with Crippen LogP contribution in [0.25, 0.3) is 0 Å². The third-order valence-corrected chi connectivity index (χ3v) is 3.03. The van der Waals surface area contributed by atoms with Crippen LogP contribution in [-0.4, -0.2) is 139 Å². The van der Waals surface area contributed by atoms with Crippen LogP contribution in [0.3, 0.4) is 0 Å². The second kappa shape index (κ2) is 25.0. The Balaban J connectivity index is -0.000000191. The van der Waals surface area contributed by atoms with Crippen molar-refractivity contribution in [3.05, 3.63) is 0 Å². The number of carboxylic acids is 6. The first-order valence-electron chi connectivity index (χ1n) is 9.73. The summed E-state index contributed by atoms with van der Waals surface area (Å²) < 4.78 is 0. The van der Waals surface area contributed by atoms with Crippen molar-refractivity contribution >= 4 is 42.0 Å². The van der Waals surface area contributed by atoms with Crippen LogP contribution in [0.15, 0.2) is 4.99 Å². The number of nitrogens with zero attached hydrogens (tertiary/aromatic N) is 4. The third kappa shape index (κ3) is 44.8. The standard InChI is InChI=1S/C6H11NO4.2C5H9NO4.C3H7N/c1-2-7(3-5(8)9)4-6(10)11;2*1-6(2-4(7)8)3-5(9)10;1-3-4-2/h2-4H2,1H3,(H,8,9)(H,10,11);2*2-3H2,1H3,(H,7,8)(H,9,10);3H,1-2H3/p-3. The molecule has 0 radical (unpaired) electrons. The maximum Gasteiger partial charge on any atom is 0.317 e. The van der Waals surface area contributed by atoms with E-state index in [-0.39, 0.29) is 39.3 Å². The summed E-state index contributed by atoms with van der Waals surface area (Å²) in [7, 11) is 4.58. The van der Waals surface area contributed by atoms with Gasteiger partial charge in [0.05, 0.1) is 37.5 Å². The Morgan fingerprint density at radius 2 is 0.943 bits per heavy atom. The maximum atomic E-state index is 9.98. The minimum Gasteiger partial charge on any atom is -0.549 e. The molecule has 0 fully saturated rings. The molecule has 0 aromatic carbocycles. The van der Waals surface area contributed by atoms with Gasteiger partial charge in [-0.1, -0.05) is 6.92 Å². The Kier molecular flexibility index (Phi) is 27.6. The Hall–Kier alpha value is -3.63. The van der Waals surface area contributed by atoms with Crippen LogP contribution in [0, 0.1) is 0 Å². The Labute approximate surface area is 202 Å².